The summed E-state index contributed by atoms with van der Waals surface area (Å²) in [7, 11) is 0. The first-order valence-corrected chi connectivity index (χ1v) is 8.89. The number of ether oxygens (including phenoxy) is 1. The van der Waals surface area contributed by atoms with Crippen LogP contribution in [0.25, 0.3) is 0 Å². The predicted octanol–water partition coefficient (Wildman–Crippen LogP) is 4.15. The molecule has 2 aromatic carbocycles. The highest BCUT2D eigenvalue weighted by atomic mass is 35.5. The Kier molecular flexibility index (Phi) is 7.83. The lowest BCUT2D eigenvalue weighted by atomic mass is 10.2. The van der Waals surface area contributed by atoms with Crippen molar-refractivity contribution in [2.24, 2.45) is 0 Å². The Balaban J connectivity index is 1.99. The van der Waals surface area contributed by atoms with Gasteiger partial charge in [0, 0.05) is 12.6 Å². The van der Waals surface area contributed by atoms with Crippen molar-refractivity contribution < 1.29 is 31.9 Å². The van der Waals surface area contributed by atoms with Crippen molar-refractivity contribution in [3.8, 4) is 5.75 Å². The standard InChI is InChI=1S/C19H17ClF4N2O3/c1-2-7-26(17(28)10-29-11-3-4-13(21)12(20)8-11)9-16(27)25-15-6-5-14(22)18(23)19(15)24/h3-6,8H,2,7,9-10H2,1H3,(H,25,27). The molecule has 0 atom stereocenters. The minimum atomic E-state index is -1.71. The second-order valence-corrected chi connectivity index (χ2v) is 6.36. The Hall–Kier alpha value is -2.81. The minimum Gasteiger partial charge on any atom is -0.484 e. The number of halogens is 5. The Morgan fingerprint density at radius 3 is 2.41 bits per heavy atom. The predicted molar refractivity (Wildman–Crippen MR) is 98.7 cm³/mol. The van der Waals surface area contributed by atoms with Crippen LogP contribution in [0, 0.1) is 23.3 Å². The first kappa shape index (κ1) is 22.5. The lowest BCUT2D eigenvalue weighted by Crippen LogP contribution is -2.41. The molecule has 156 valence electrons. The molecule has 2 amide bonds. The van der Waals surface area contributed by atoms with Crippen molar-refractivity contribution in [3.05, 3.63) is 58.6 Å². The highest BCUT2D eigenvalue weighted by Gasteiger charge is 2.20. The average Bonchev–Trinajstić information content (AvgIpc) is 2.68. The van der Waals surface area contributed by atoms with Crippen molar-refractivity contribution in [1.29, 1.82) is 0 Å². The minimum absolute atomic E-state index is 0.162. The average molecular weight is 433 g/mol. The maximum Gasteiger partial charge on any atom is 0.260 e. The summed E-state index contributed by atoms with van der Waals surface area (Å²) in [5.41, 5.74) is -0.546. The number of hydrogen-bond acceptors (Lipinski definition) is 3. The van der Waals surface area contributed by atoms with Crippen LogP contribution in [0.15, 0.2) is 30.3 Å². The van der Waals surface area contributed by atoms with E-state index in [2.05, 4.69) is 5.32 Å². The first-order valence-electron chi connectivity index (χ1n) is 8.51. The van der Waals surface area contributed by atoms with Gasteiger partial charge in [0.25, 0.3) is 5.91 Å². The fourth-order valence-corrected chi connectivity index (χ4v) is 2.52. The molecular formula is C19H17ClF4N2O3. The van der Waals surface area contributed by atoms with Gasteiger partial charge in [-0.15, -0.1) is 0 Å². The third-order valence-electron chi connectivity index (χ3n) is 3.74. The van der Waals surface area contributed by atoms with Crippen LogP contribution in [0.3, 0.4) is 0 Å². The highest BCUT2D eigenvalue weighted by molar-refractivity contribution is 6.30. The number of nitrogens with one attached hydrogen (secondary N) is 1. The topological polar surface area (TPSA) is 58.6 Å². The zero-order valence-electron chi connectivity index (χ0n) is 15.3. The molecule has 0 bridgehead atoms. The second-order valence-electron chi connectivity index (χ2n) is 5.95. The fraction of sp³-hybridized carbons (Fsp3) is 0.263. The van der Waals surface area contributed by atoms with Crippen molar-refractivity contribution in [2.75, 3.05) is 25.0 Å². The highest BCUT2D eigenvalue weighted by Crippen LogP contribution is 2.21. The lowest BCUT2D eigenvalue weighted by Gasteiger charge is -2.22. The first-order chi connectivity index (χ1) is 13.7. The largest absolute Gasteiger partial charge is 0.484 e. The molecule has 2 aromatic rings. The van der Waals surface area contributed by atoms with Crippen LogP contribution in [0.2, 0.25) is 5.02 Å². The van der Waals surface area contributed by atoms with Gasteiger partial charge in [0.1, 0.15) is 11.6 Å². The summed E-state index contributed by atoms with van der Waals surface area (Å²) in [6.07, 6.45) is 0.515. The van der Waals surface area contributed by atoms with E-state index in [-0.39, 0.29) is 17.3 Å². The van der Waals surface area contributed by atoms with E-state index in [4.69, 9.17) is 16.3 Å². The van der Waals surface area contributed by atoms with Gasteiger partial charge >= 0.3 is 0 Å². The Morgan fingerprint density at radius 2 is 1.76 bits per heavy atom. The maximum atomic E-state index is 13.7. The number of anilines is 1. The number of hydrogen-bond donors (Lipinski definition) is 1. The number of benzene rings is 2. The molecule has 0 spiro atoms. The summed E-state index contributed by atoms with van der Waals surface area (Å²) in [6, 6.07) is 5.11. The summed E-state index contributed by atoms with van der Waals surface area (Å²) in [5, 5.41) is 1.92. The molecule has 2 rings (SSSR count). The fourth-order valence-electron chi connectivity index (χ4n) is 2.35. The molecule has 0 unspecified atom stereocenters. The summed E-state index contributed by atoms with van der Waals surface area (Å²) in [4.78, 5) is 25.6. The van der Waals surface area contributed by atoms with Gasteiger partial charge in [-0.05, 0) is 30.7 Å². The van der Waals surface area contributed by atoms with Gasteiger partial charge in [-0.2, -0.15) is 0 Å². The molecule has 0 aliphatic rings. The SMILES string of the molecule is CCCN(CC(=O)Nc1ccc(F)c(F)c1F)C(=O)COc1ccc(F)c(Cl)c1. The van der Waals surface area contributed by atoms with Gasteiger partial charge in [-0.3, -0.25) is 9.59 Å². The Labute approximate surface area is 169 Å². The number of nitrogens with zero attached hydrogens (tertiary/aromatic N) is 1. The van der Waals surface area contributed by atoms with Crippen molar-refractivity contribution >= 4 is 29.1 Å². The van der Waals surface area contributed by atoms with Gasteiger partial charge in [0.05, 0.1) is 17.3 Å². The molecule has 29 heavy (non-hydrogen) atoms. The third kappa shape index (κ3) is 6.08. The summed E-state index contributed by atoms with van der Waals surface area (Å²) >= 11 is 5.64. The molecular weight excluding hydrogens is 416 g/mol. The van der Waals surface area contributed by atoms with Gasteiger partial charge in [0.15, 0.2) is 24.1 Å². The van der Waals surface area contributed by atoms with Crippen LogP contribution >= 0.6 is 11.6 Å². The second kappa shape index (κ2) is 10.1. The van der Waals surface area contributed by atoms with Crippen molar-refractivity contribution in [3.63, 3.8) is 0 Å². The van der Waals surface area contributed by atoms with Gasteiger partial charge in [0.2, 0.25) is 5.91 Å². The van der Waals surface area contributed by atoms with E-state index in [1.807, 2.05) is 0 Å². The van der Waals surface area contributed by atoms with E-state index in [0.29, 0.717) is 12.5 Å². The monoisotopic (exact) mass is 432 g/mol. The van der Waals surface area contributed by atoms with Crippen LogP contribution in [0.5, 0.6) is 5.75 Å². The van der Waals surface area contributed by atoms with Gasteiger partial charge in [-0.25, -0.2) is 17.6 Å². The molecule has 0 aliphatic carbocycles. The molecule has 0 aromatic heterocycles. The van der Waals surface area contributed by atoms with Crippen LogP contribution in [0.1, 0.15) is 13.3 Å². The molecule has 0 fully saturated rings. The van der Waals surface area contributed by atoms with E-state index >= 15 is 0 Å². The van der Waals surface area contributed by atoms with Gasteiger partial charge < -0.3 is 15.0 Å². The van der Waals surface area contributed by atoms with Crippen LogP contribution in [-0.2, 0) is 9.59 Å². The number of carbonyl (C=O) groups is 2. The number of carbonyl (C=O) groups excluding carboxylic acids is 2. The Bertz CT molecular complexity index is 911. The third-order valence-corrected chi connectivity index (χ3v) is 4.03. The van der Waals surface area contributed by atoms with Crippen LogP contribution < -0.4 is 10.1 Å². The van der Waals surface area contributed by atoms with Gasteiger partial charge in [-0.1, -0.05) is 18.5 Å². The molecule has 0 radical (unpaired) electrons. The molecule has 5 nitrogen and oxygen atoms in total. The van der Waals surface area contributed by atoms with Crippen molar-refractivity contribution in [1.82, 2.24) is 4.90 Å². The molecule has 1 N–H and O–H groups in total. The molecule has 10 heteroatoms. The maximum absolute atomic E-state index is 13.7. The van der Waals surface area contributed by atoms with E-state index in [0.717, 1.165) is 17.0 Å². The summed E-state index contributed by atoms with van der Waals surface area (Å²) in [5.74, 6) is -6.48. The van der Waals surface area contributed by atoms with E-state index in [9.17, 15) is 27.2 Å². The van der Waals surface area contributed by atoms with Crippen molar-refractivity contribution in [2.45, 2.75) is 13.3 Å². The lowest BCUT2D eigenvalue weighted by molar-refractivity contribution is -0.136. The quantitative estimate of drug-likeness (QED) is 0.503. The smallest absolute Gasteiger partial charge is 0.260 e. The zero-order valence-corrected chi connectivity index (χ0v) is 16.0. The van der Waals surface area contributed by atoms with E-state index < -0.39 is 53.9 Å². The molecule has 0 saturated heterocycles. The molecule has 0 heterocycles. The zero-order chi connectivity index (χ0) is 21.6. The summed E-state index contributed by atoms with van der Waals surface area (Å²) < 4.78 is 58.3. The molecule has 0 aliphatic heterocycles. The van der Waals surface area contributed by atoms with Crippen LogP contribution in [0.4, 0.5) is 23.2 Å². The summed E-state index contributed by atoms with van der Waals surface area (Å²) in [6.45, 7) is 1.06. The van der Waals surface area contributed by atoms with E-state index in [1.165, 1.54) is 12.1 Å². The molecule has 0 saturated carbocycles. The van der Waals surface area contributed by atoms with Crippen LogP contribution in [-0.4, -0.2) is 36.4 Å². The normalized spacial score (nSPS) is 10.6. The number of rotatable bonds is 8. The van der Waals surface area contributed by atoms with E-state index in [1.54, 1.807) is 6.92 Å². The number of amides is 2. The Morgan fingerprint density at radius 1 is 1.07 bits per heavy atom.